The molecular formula is C20H22N2O6S. The van der Waals surface area contributed by atoms with Crippen molar-refractivity contribution in [2.24, 2.45) is 0 Å². The number of carbonyl (C=O) groups excluding carboxylic acids is 1. The van der Waals surface area contributed by atoms with Crippen molar-refractivity contribution >= 4 is 21.6 Å². The van der Waals surface area contributed by atoms with Crippen LogP contribution in [0.3, 0.4) is 0 Å². The molecule has 2 aromatic rings. The maximum Gasteiger partial charge on any atom is 0.262 e. The van der Waals surface area contributed by atoms with E-state index in [1.54, 1.807) is 12.1 Å². The molecule has 0 aromatic heterocycles. The fourth-order valence-electron chi connectivity index (χ4n) is 3.31. The third-order valence-electron chi connectivity index (χ3n) is 4.67. The van der Waals surface area contributed by atoms with Gasteiger partial charge in [-0.15, -0.1) is 0 Å². The molecule has 8 nitrogen and oxygen atoms in total. The van der Waals surface area contributed by atoms with E-state index in [0.29, 0.717) is 35.9 Å². The van der Waals surface area contributed by atoms with Crippen LogP contribution in [0.2, 0.25) is 0 Å². The fourth-order valence-corrected chi connectivity index (χ4v) is 4.90. The van der Waals surface area contributed by atoms with Crippen LogP contribution in [0.15, 0.2) is 47.4 Å². The summed E-state index contributed by atoms with van der Waals surface area (Å²) in [7, 11) is -3.80. The summed E-state index contributed by atoms with van der Waals surface area (Å²) in [5, 5.41) is 2.64. The summed E-state index contributed by atoms with van der Waals surface area (Å²) >= 11 is 0. The van der Waals surface area contributed by atoms with Crippen LogP contribution in [0.1, 0.15) is 13.3 Å². The van der Waals surface area contributed by atoms with E-state index in [4.69, 9.17) is 14.2 Å². The zero-order valence-corrected chi connectivity index (χ0v) is 16.8. The summed E-state index contributed by atoms with van der Waals surface area (Å²) in [6.45, 7) is 2.59. The summed E-state index contributed by atoms with van der Waals surface area (Å²) in [6.07, 6.45) is 0.223. The van der Waals surface area contributed by atoms with Crippen molar-refractivity contribution in [1.29, 1.82) is 0 Å². The van der Waals surface area contributed by atoms with Crippen molar-refractivity contribution in [3.8, 4) is 17.2 Å². The van der Waals surface area contributed by atoms with Gasteiger partial charge in [-0.05, 0) is 36.8 Å². The molecule has 0 aliphatic carbocycles. The van der Waals surface area contributed by atoms with Gasteiger partial charge in [-0.25, -0.2) is 8.42 Å². The second-order valence-corrected chi connectivity index (χ2v) is 8.79. The molecule has 0 saturated carbocycles. The number of rotatable bonds is 6. The second kappa shape index (κ2) is 7.92. The lowest BCUT2D eigenvalue weighted by atomic mass is 10.2. The average molecular weight is 418 g/mol. The summed E-state index contributed by atoms with van der Waals surface area (Å²) in [5.74, 6) is 1.39. The molecule has 0 fully saturated rings. The van der Waals surface area contributed by atoms with Crippen LogP contribution in [0.4, 0.5) is 5.69 Å². The number of ether oxygens (including phenoxy) is 3. The molecule has 1 amide bonds. The Bertz CT molecular complexity index is 1020. The predicted molar refractivity (Wildman–Crippen MR) is 106 cm³/mol. The maximum absolute atomic E-state index is 13.3. The topological polar surface area (TPSA) is 94.2 Å². The molecule has 2 heterocycles. The van der Waals surface area contributed by atoms with Crippen LogP contribution in [-0.4, -0.2) is 51.0 Å². The van der Waals surface area contributed by atoms with Crippen LogP contribution < -0.4 is 19.5 Å². The van der Waals surface area contributed by atoms with Crippen LogP contribution in [0.5, 0.6) is 17.2 Å². The number of carbonyl (C=O) groups is 1. The van der Waals surface area contributed by atoms with E-state index in [0.717, 1.165) is 0 Å². The molecule has 1 atom stereocenters. The van der Waals surface area contributed by atoms with E-state index in [-0.39, 0.29) is 30.6 Å². The van der Waals surface area contributed by atoms with Gasteiger partial charge in [0.2, 0.25) is 10.0 Å². The molecule has 1 N–H and O–H groups in total. The molecule has 0 saturated heterocycles. The molecule has 29 heavy (non-hydrogen) atoms. The first-order valence-electron chi connectivity index (χ1n) is 9.42. The Morgan fingerprint density at radius 2 is 1.90 bits per heavy atom. The first-order chi connectivity index (χ1) is 14.0. The number of para-hydroxylation sites is 2. The first-order valence-corrected chi connectivity index (χ1v) is 10.9. The van der Waals surface area contributed by atoms with Gasteiger partial charge in [0.25, 0.3) is 5.91 Å². The minimum absolute atomic E-state index is 0.0818. The summed E-state index contributed by atoms with van der Waals surface area (Å²) < 4.78 is 44.9. The Morgan fingerprint density at radius 3 is 2.69 bits per heavy atom. The van der Waals surface area contributed by atoms with Crippen LogP contribution in [0.25, 0.3) is 0 Å². The zero-order chi connectivity index (χ0) is 20.4. The monoisotopic (exact) mass is 418 g/mol. The van der Waals surface area contributed by atoms with Crippen LogP contribution >= 0.6 is 0 Å². The summed E-state index contributed by atoms with van der Waals surface area (Å²) in [5.41, 5.74) is 0.352. The molecule has 0 bridgehead atoms. The Morgan fingerprint density at radius 1 is 1.10 bits per heavy atom. The Hall–Kier alpha value is -2.78. The molecule has 9 heteroatoms. The molecular weight excluding hydrogens is 396 g/mol. The van der Waals surface area contributed by atoms with Gasteiger partial charge < -0.3 is 19.5 Å². The molecule has 2 aliphatic rings. The number of hydrogen-bond acceptors (Lipinski definition) is 6. The van der Waals surface area contributed by atoms with E-state index in [1.165, 1.54) is 16.4 Å². The lowest BCUT2D eigenvalue weighted by molar-refractivity contribution is -0.118. The number of fused-ring (bicyclic) bond motifs is 2. The normalized spacial score (nSPS) is 18.0. The number of nitrogens with one attached hydrogen (secondary N) is 1. The van der Waals surface area contributed by atoms with Crippen molar-refractivity contribution in [2.45, 2.75) is 24.3 Å². The highest BCUT2D eigenvalue weighted by atomic mass is 32.2. The maximum atomic E-state index is 13.3. The fraction of sp³-hybridized carbons (Fsp3) is 0.350. The van der Waals surface area contributed by atoms with Crippen LogP contribution in [-0.2, 0) is 14.8 Å². The number of amides is 1. The lowest BCUT2D eigenvalue weighted by Gasteiger charge is -2.31. The first kappa shape index (κ1) is 19.5. The average Bonchev–Trinajstić information content (AvgIpc) is 2.72. The van der Waals surface area contributed by atoms with Gasteiger partial charge in [0.1, 0.15) is 18.5 Å². The van der Waals surface area contributed by atoms with E-state index in [9.17, 15) is 13.2 Å². The number of sulfonamides is 1. The lowest BCUT2D eigenvalue weighted by Crippen LogP contribution is -2.44. The Balaban J connectivity index is 1.56. The summed E-state index contributed by atoms with van der Waals surface area (Å²) in [4.78, 5) is 11.7. The van der Waals surface area contributed by atoms with Crippen molar-refractivity contribution in [3.63, 3.8) is 0 Å². The van der Waals surface area contributed by atoms with Crippen molar-refractivity contribution in [3.05, 3.63) is 42.5 Å². The zero-order valence-electron chi connectivity index (χ0n) is 16.0. The highest BCUT2D eigenvalue weighted by Gasteiger charge is 2.31. The van der Waals surface area contributed by atoms with Crippen LogP contribution in [0, 0.1) is 0 Å². The largest absolute Gasteiger partial charge is 0.486 e. The van der Waals surface area contributed by atoms with Gasteiger partial charge in [-0.2, -0.15) is 4.31 Å². The minimum Gasteiger partial charge on any atom is -0.486 e. The number of hydrogen-bond donors (Lipinski definition) is 1. The SMILES string of the molecule is CCCN(C[C@H]1COc2ccccc2O1)S(=O)(=O)c1ccc2c(c1)NC(=O)CO2. The predicted octanol–water partition coefficient (Wildman–Crippen LogP) is 2.26. The third kappa shape index (κ3) is 4.01. The van der Waals surface area contributed by atoms with Crippen molar-refractivity contribution < 1.29 is 27.4 Å². The molecule has 4 rings (SSSR count). The molecule has 0 unspecified atom stereocenters. The number of benzene rings is 2. The minimum atomic E-state index is -3.80. The smallest absolute Gasteiger partial charge is 0.262 e. The number of nitrogens with zero attached hydrogens (tertiary/aromatic N) is 1. The quantitative estimate of drug-likeness (QED) is 0.773. The summed E-state index contributed by atoms with van der Waals surface area (Å²) in [6, 6.07) is 11.8. The Labute approximate surface area is 169 Å². The van der Waals surface area contributed by atoms with Gasteiger partial charge in [0.05, 0.1) is 17.1 Å². The van der Waals surface area contributed by atoms with E-state index >= 15 is 0 Å². The highest BCUT2D eigenvalue weighted by Crippen LogP contribution is 2.33. The Kier molecular flexibility index (Phi) is 5.33. The number of anilines is 1. The van der Waals surface area contributed by atoms with Gasteiger partial charge in [0.15, 0.2) is 18.1 Å². The van der Waals surface area contributed by atoms with Gasteiger partial charge >= 0.3 is 0 Å². The van der Waals surface area contributed by atoms with E-state index < -0.39 is 16.1 Å². The standard InChI is InChI=1S/C20H22N2O6S/c1-2-9-22(11-14-12-26-18-5-3-4-6-19(18)28-14)29(24,25)15-7-8-17-16(10-15)21-20(23)13-27-17/h3-8,10,14H,2,9,11-13H2,1H3,(H,21,23)/t14-/m0/s1. The van der Waals surface area contributed by atoms with E-state index in [2.05, 4.69) is 5.32 Å². The van der Waals surface area contributed by atoms with Crippen molar-refractivity contribution in [2.75, 3.05) is 31.6 Å². The van der Waals surface area contributed by atoms with E-state index in [1.807, 2.05) is 25.1 Å². The van der Waals surface area contributed by atoms with Gasteiger partial charge in [0, 0.05) is 6.54 Å². The molecule has 2 aromatic carbocycles. The highest BCUT2D eigenvalue weighted by molar-refractivity contribution is 7.89. The molecule has 154 valence electrons. The van der Waals surface area contributed by atoms with Gasteiger partial charge in [-0.1, -0.05) is 19.1 Å². The molecule has 0 radical (unpaired) electrons. The third-order valence-corrected chi connectivity index (χ3v) is 6.53. The van der Waals surface area contributed by atoms with Crippen molar-refractivity contribution in [1.82, 2.24) is 4.31 Å². The molecule has 2 aliphatic heterocycles. The second-order valence-electron chi connectivity index (χ2n) is 6.86. The molecule has 0 spiro atoms. The van der Waals surface area contributed by atoms with Gasteiger partial charge in [-0.3, -0.25) is 4.79 Å².